The first-order valence-corrected chi connectivity index (χ1v) is 6.89. The number of nitrogens with one attached hydrogen (secondary N) is 1. The van der Waals surface area contributed by atoms with E-state index in [1.807, 2.05) is 4.90 Å². The Morgan fingerprint density at radius 2 is 2.24 bits per heavy atom. The standard InChI is InChI=1S/C13H16N4O4/c18-13(9-8-11(9)17(19)20)15-10-2-1-3-14-12(10)16-4-6-21-7-5-16/h1-3,9,11H,4-8H2,(H,15,18)/t9-,11-/m0/s1. The minimum absolute atomic E-state index is 0.306. The second-order valence-electron chi connectivity index (χ2n) is 5.16. The third-order valence-electron chi connectivity index (χ3n) is 3.72. The lowest BCUT2D eigenvalue weighted by molar-refractivity contribution is -0.497. The van der Waals surface area contributed by atoms with E-state index in [1.54, 1.807) is 18.3 Å². The second-order valence-corrected chi connectivity index (χ2v) is 5.16. The number of hydrogen-bond donors (Lipinski definition) is 1. The first kappa shape index (κ1) is 13.7. The number of hydrogen-bond acceptors (Lipinski definition) is 6. The number of aromatic nitrogens is 1. The monoisotopic (exact) mass is 292 g/mol. The number of carbonyl (C=O) groups is 1. The Morgan fingerprint density at radius 1 is 1.48 bits per heavy atom. The van der Waals surface area contributed by atoms with E-state index in [9.17, 15) is 14.9 Å². The summed E-state index contributed by atoms with van der Waals surface area (Å²) in [6.07, 6.45) is 1.98. The van der Waals surface area contributed by atoms with Crippen molar-refractivity contribution in [1.82, 2.24) is 4.98 Å². The van der Waals surface area contributed by atoms with Crippen molar-refractivity contribution in [2.75, 3.05) is 36.5 Å². The predicted octanol–water partition coefficient (Wildman–Crippen LogP) is 0.522. The summed E-state index contributed by atoms with van der Waals surface area (Å²) < 4.78 is 5.30. The summed E-state index contributed by atoms with van der Waals surface area (Å²) in [5.41, 5.74) is 0.596. The van der Waals surface area contributed by atoms with E-state index in [-0.39, 0.29) is 5.91 Å². The van der Waals surface area contributed by atoms with Gasteiger partial charge >= 0.3 is 0 Å². The molecule has 3 rings (SSSR count). The zero-order valence-electron chi connectivity index (χ0n) is 11.4. The zero-order chi connectivity index (χ0) is 14.8. The molecule has 2 atom stereocenters. The highest BCUT2D eigenvalue weighted by Crippen LogP contribution is 2.35. The van der Waals surface area contributed by atoms with Crippen molar-refractivity contribution in [3.8, 4) is 0 Å². The molecule has 1 aromatic rings. The van der Waals surface area contributed by atoms with Gasteiger partial charge in [0.05, 0.1) is 18.9 Å². The van der Waals surface area contributed by atoms with Gasteiger partial charge in [-0.15, -0.1) is 0 Å². The quantitative estimate of drug-likeness (QED) is 0.642. The molecule has 2 fully saturated rings. The maximum absolute atomic E-state index is 12.0. The number of amides is 1. The molecule has 1 saturated heterocycles. The molecule has 1 aromatic heterocycles. The molecular formula is C13H16N4O4. The molecule has 112 valence electrons. The topological polar surface area (TPSA) is 97.6 Å². The van der Waals surface area contributed by atoms with Crippen LogP contribution in [-0.2, 0) is 9.53 Å². The van der Waals surface area contributed by atoms with Crippen LogP contribution in [-0.4, -0.2) is 48.2 Å². The smallest absolute Gasteiger partial charge is 0.234 e. The Bertz CT molecular complexity index is 559. The van der Waals surface area contributed by atoms with E-state index in [4.69, 9.17) is 4.74 Å². The summed E-state index contributed by atoms with van der Waals surface area (Å²) in [5.74, 6) is -0.149. The molecule has 2 aliphatic rings. The number of nitro groups is 1. The first-order chi connectivity index (χ1) is 10.2. The first-order valence-electron chi connectivity index (χ1n) is 6.89. The number of pyridine rings is 1. The third kappa shape index (κ3) is 2.94. The molecule has 0 spiro atoms. The normalized spacial score (nSPS) is 24.5. The van der Waals surface area contributed by atoms with E-state index in [0.29, 0.717) is 44.2 Å². The average Bonchev–Trinajstić information content (AvgIpc) is 3.29. The van der Waals surface area contributed by atoms with E-state index in [1.165, 1.54) is 0 Å². The van der Waals surface area contributed by atoms with Crippen LogP contribution in [0.4, 0.5) is 11.5 Å². The van der Waals surface area contributed by atoms with Crippen molar-refractivity contribution in [1.29, 1.82) is 0 Å². The van der Waals surface area contributed by atoms with Gasteiger partial charge in [-0.3, -0.25) is 14.9 Å². The van der Waals surface area contributed by atoms with Crippen molar-refractivity contribution >= 4 is 17.4 Å². The van der Waals surface area contributed by atoms with E-state index in [0.717, 1.165) is 0 Å². The number of rotatable bonds is 4. The Balaban J connectivity index is 1.70. The fourth-order valence-corrected chi connectivity index (χ4v) is 2.44. The Kier molecular flexibility index (Phi) is 3.70. The SMILES string of the molecule is O=C(Nc1cccnc1N1CCOCC1)[C@H]1C[C@@H]1[N+](=O)[O-]. The van der Waals surface area contributed by atoms with Crippen molar-refractivity contribution < 1.29 is 14.5 Å². The molecular weight excluding hydrogens is 276 g/mol. The molecule has 0 radical (unpaired) electrons. The van der Waals surface area contributed by atoms with Gasteiger partial charge < -0.3 is 15.0 Å². The molecule has 8 nitrogen and oxygen atoms in total. The average molecular weight is 292 g/mol. The van der Waals surface area contributed by atoms with Gasteiger partial charge in [0.15, 0.2) is 5.82 Å². The summed E-state index contributed by atoms with van der Waals surface area (Å²) >= 11 is 0. The molecule has 2 heterocycles. The van der Waals surface area contributed by atoms with Crippen molar-refractivity contribution in [3.05, 3.63) is 28.4 Å². The Hall–Kier alpha value is -2.22. The predicted molar refractivity (Wildman–Crippen MR) is 74.8 cm³/mol. The Morgan fingerprint density at radius 3 is 2.90 bits per heavy atom. The van der Waals surface area contributed by atoms with E-state index in [2.05, 4.69) is 10.3 Å². The zero-order valence-corrected chi connectivity index (χ0v) is 11.4. The van der Waals surface area contributed by atoms with Gasteiger partial charge in [-0.2, -0.15) is 0 Å². The fourth-order valence-electron chi connectivity index (χ4n) is 2.44. The van der Waals surface area contributed by atoms with Gasteiger partial charge in [-0.25, -0.2) is 4.98 Å². The summed E-state index contributed by atoms with van der Waals surface area (Å²) in [7, 11) is 0. The third-order valence-corrected chi connectivity index (χ3v) is 3.72. The molecule has 0 aromatic carbocycles. The molecule has 21 heavy (non-hydrogen) atoms. The molecule has 1 amide bonds. The van der Waals surface area contributed by atoms with E-state index >= 15 is 0 Å². The maximum atomic E-state index is 12.0. The van der Waals surface area contributed by atoms with Crippen LogP contribution in [0, 0.1) is 16.0 Å². The fraction of sp³-hybridized carbons (Fsp3) is 0.538. The summed E-state index contributed by atoms with van der Waals surface area (Å²) in [6.45, 7) is 2.66. The maximum Gasteiger partial charge on any atom is 0.234 e. The lowest BCUT2D eigenvalue weighted by atomic mass is 10.3. The number of anilines is 2. The van der Waals surface area contributed by atoms with Gasteiger partial charge in [0.2, 0.25) is 11.9 Å². The number of nitrogens with zero attached hydrogens (tertiary/aromatic N) is 3. The highest BCUT2D eigenvalue weighted by atomic mass is 16.6. The van der Waals surface area contributed by atoms with Crippen LogP contribution >= 0.6 is 0 Å². The molecule has 8 heteroatoms. The number of ether oxygens (including phenoxy) is 1. The van der Waals surface area contributed by atoms with Gasteiger partial charge in [0.25, 0.3) is 0 Å². The van der Waals surface area contributed by atoms with Crippen LogP contribution in [0.3, 0.4) is 0 Å². The van der Waals surface area contributed by atoms with E-state index < -0.39 is 16.9 Å². The largest absolute Gasteiger partial charge is 0.378 e. The van der Waals surface area contributed by atoms with Crippen molar-refractivity contribution in [2.24, 2.45) is 5.92 Å². The van der Waals surface area contributed by atoms with Gasteiger partial charge in [0, 0.05) is 30.6 Å². The Labute approximate surface area is 121 Å². The summed E-state index contributed by atoms with van der Waals surface area (Å²) in [4.78, 5) is 28.6. The van der Waals surface area contributed by atoms with Crippen molar-refractivity contribution in [2.45, 2.75) is 12.5 Å². The highest BCUT2D eigenvalue weighted by Gasteiger charge is 2.53. The number of carbonyl (C=O) groups excluding carboxylic acids is 1. The van der Waals surface area contributed by atoms with Crippen LogP contribution in [0.5, 0.6) is 0 Å². The minimum Gasteiger partial charge on any atom is -0.378 e. The highest BCUT2D eigenvalue weighted by molar-refractivity contribution is 5.97. The molecule has 1 N–H and O–H groups in total. The van der Waals surface area contributed by atoms with Crippen molar-refractivity contribution in [3.63, 3.8) is 0 Å². The van der Waals surface area contributed by atoms with Crippen LogP contribution < -0.4 is 10.2 Å². The molecule has 1 saturated carbocycles. The minimum atomic E-state index is -0.742. The van der Waals surface area contributed by atoms with Crippen LogP contribution in [0.15, 0.2) is 18.3 Å². The lowest BCUT2D eigenvalue weighted by Crippen LogP contribution is -2.37. The lowest BCUT2D eigenvalue weighted by Gasteiger charge is -2.29. The van der Waals surface area contributed by atoms with Gasteiger partial charge in [-0.05, 0) is 12.1 Å². The molecule has 0 unspecified atom stereocenters. The van der Waals surface area contributed by atoms with Gasteiger partial charge in [0.1, 0.15) is 5.92 Å². The second kappa shape index (κ2) is 5.65. The summed E-state index contributed by atoms with van der Waals surface area (Å²) in [6, 6.07) is 2.75. The van der Waals surface area contributed by atoms with Crippen LogP contribution in [0.1, 0.15) is 6.42 Å². The number of morpholine rings is 1. The molecule has 1 aliphatic carbocycles. The van der Waals surface area contributed by atoms with Crippen LogP contribution in [0.2, 0.25) is 0 Å². The molecule has 1 aliphatic heterocycles. The van der Waals surface area contributed by atoms with Gasteiger partial charge in [-0.1, -0.05) is 0 Å². The van der Waals surface area contributed by atoms with Crippen LogP contribution in [0.25, 0.3) is 0 Å². The summed E-state index contributed by atoms with van der Waals surface area (Å²) in [5, 5.41) is 13.4. The molecule has 0 bridgehead atoms.